The highest BCUT2D eigenvalue weighted by atomic mass is 16.5. The van der Waals surface area contributed by atoms with Gasteiger partial charge < -0.3 is 4.74 Å². The molecule has 1 aliphatic rings. The molecule has 1 aliphatic carbocycles. The van der Waals surface area contributed by atoms with Gasteiger partial charge in [-0.05, 0) is 52.8 Å². The molecule has 0 aliphatic heterocycles. The molecule has 2 nitrogen and oxygen atoms in total. The second kappa shape index (κ2) is 5.15. The highest BCUT2D eigenvalue weighted by molar-refractivity contribution is 5.66. The number of carbonyl (C=O) groups excluding carboxylic acids is 1. The summed E-state index contributed by atoms with van der Waals surface area (Å²) in [6.45, 7) is 14.8. The minimum atomic E-state index is -0.213. The van der Waals surface area contributed by atoms with Crippen LogP contribution in [0.25, 0.3) is 0 Å². The van der Waals surface area contributed by atoms with Crippen LogP contribution in [0.2, 0.25) is 0 Å². The minimum absolute atomic E-state index is 0.0956. The van der Waals surface area contributed by atoms with Gasteiger partial charge >= 0.3 is 5.97 Å². The maximum Gasteiger partial charge on any atom is 0.303 e. The van der Waals surface area contributed by atoms with Crippen molar-refractivity contribution in [3.63, 3.8) is 0 Å². The van der Waals surface area contributed by atoms with Crippen molar-refractivity contribution in [3.05, 3.63) is 34.4 Å². The van der Waals surface area contributed by atoms with Gasteiger partial charge in [0.2, 0.25) is 0 Å². The smallest absolute Gasteiger partial charge is 0.303 e. The summed E-state index contributed by atoms with van der Waals surface area (Å²) in [7, 11) is 0. The summed E-state index contributed by atoms with van der Waals surface area (Å²) in [5.74, 6) is -0.213. The summed E-state index contributed by atoms with van der Waals surface area (Å²) >= 11 is 0. The Kier molecular flexibility index (Phi) is 3.94. The van der Waals surface area contributed by atoms with Crippen molar-refractivity contribution in [3.8, 4) is 0 Å². The fraction of sp³-hybridized carbons (Fsp3) is 0.632. The van der Waals surface area contributed by atoms with Crippen LogP contribution >= 0.6 is 0 Å². The van der Waals surface area contributed by atoms with Crippen LogP contribution in [0.4, 0.5) is 0 Å². The molecule has 0 fully saturated rings. The van der Waals surface area contributed by atoms with Crippen molar-refractivity contribution in [2.24, 2.45) is 0 Å². The van der Waals surface area contributed by atoms with Crippen molar-refractivity contribution < 1.29 is 9.53 Å². The predicted molar refractivity (Wildman–Crippen MR) is 86.7 cm³/mol. The number of hydrogen-bond acceptors (Lipinski definition) is 2. The zero-order valence-corrected chi connectivity index (χ0v) is 14.5. The van der Waals surface area contributed by atoms with E-state index in [9.17, 15) is 4.79 Å². The van der Waals surface area contributed by atoms with E-state index in [1.165, 1.54) is 29.2 Å². The standard InChI is InChI=1S/C19H28O2/c1-12(21-13(2)20)16-10-14(18(3,4)5)11-17-15(16)8-9-19(17,6)7/h10-12H,8-9H2,1-7H3/t12-/m1/s1. The normalized spacial score (nSPS) is 18.2. The molecule has 1 aromatic carbocycles. The number of esters is 1. The number of carbonyl (C=O) groups is 1. The average Bonchev–Trinajstić information content (AvgIpc) is 2.62. The first-order valence-electron chi connectivity index (χ1n) is 7.87. The molecule has 0 spiro atoms. The zero-order chi connectivity index (χ0) is 16.0. The predicted octanol–water partition coefficient (Wildman–Crippen LogP) is 4.83. The van der Waals surface area contributed by atoms with Gasteiger partial charge in [-0.15, -0.1) is 0 Å². The summed E-state index contributed by atoms with van der Waals surface area (Å²) < 4.78 is 5.46. The first-order valence-corrected chi connectivity index (χ1v) is 7.87. The third kappa shape index (κ3) is 3.14. The highest BCUT2D eigenvalue weighted by Gasteiger charge is 2.34. The first kappa shape index (κ1) is 16.1. The quantitative estimate of drug-likeness (QED) is 0.728. The monoisotopic (exact) mass is 288 g/mol. The third-order valence-electron chi connectivity index (χ3n) is 4.66. The van der Waals surface area contributed by atoms with Crippen molar-refractivity contribution in [2.75, 3.05) is 0 Å². The molecule has 0 bridgehead atoms. The van der Waals surface area contributed by atoms with Gasteiger partial charge in [0.1, 0.15) is 6.10 Å². The number of fused-ring (bicyclic) bond motifs is 1. The van der Waals surface area contributed by atoms with E-state index in [0.29, 0.717) is 0 Å². The Hall–Kier alpha value is -1.31. The fourth-order valence-electron chi connectivity index (χ4n) is 3.26. The molecular weight excluding hydrogens is 260 g/mol. The Bertz CT molecular complexity index is 562. The van der Waals surface area contributed by atoms with Crippen molar-refractivity contribution in [2.45, 2.75) is 78.2 Å². The van der Waals surface area contributed by atoms with Crippen LogP contribution in [0.3, 0.4) is 0 Å². The van der Waals surface area contributed by atoms with Crippen LogP contribution in [-0.4, -0.2) is 5.97 Å². The molecule has 1 aromatic rings. The second-order valence-electron chi connectivity index (χ2n) is 7.98. The lowest BCUT2D eigenvalue weighted by Gasteiger charge is -2.27. The lowest BCUT2D eigenvalue weighted by atomic mass is 9.79. The summed E-state index contributed by atoms with van der Waals surface area (Å²) in [5.41, 5.74) is 5.65. The Morgan fingerprint density at radius 1 is 1.29 bits per heavy atom. The molecule has 0 aromatic heterocycles. The summed E-state index contributed by atoms with van der Waals surface area (Å²) in [5, 5.41) is 0. The Labute approximate surface area is 128 Å². The van der Waals surface area contributed by atoms with Crippen molar-refractivity contribution in [1.29, 1.82) is 0 Å². The number of benzene rings is 1. The molecule has 0 amide bonds. The number of ether oxygens (including phenoxy) is 1. The third-order valence-corrected chi connectivity index (χ3v) is 4.66. The van der Waals surface area contributed by atoms with E-state index in [1.807, 2.05) is 6.92 Å². The van der Waals surface area contributed by atoms with Crippen LogP contribution in [0.15, 0.2) is 12.1 Å². The maximum absolute atomic E-state index is 11.3. The molecule has 0 N–H and O–H groups in total. The molecule has 0 heterocycles. The molecule has 0 radical (unpaired) electrons. The van der Waals surface area contributed by atoms with Gasteiger partial charge in [-0.25, -0.2) is 0 Å². The van der Waals surface area contributed by atoms with Crippen LogP contribution in [-0.2, 0) is 26.8 Å². The van der Waals surface area contributed by atoms with Crippen LogP contribution < -0.4 is 0 Å². The molecule has 2 rings (SSSR count). The topological polar surface area (TPSA) is 26.3 Å². The Morgan fingerprint density at radius 2 is 1.90 bits per heavy atom. The highest BCUT2D eigenvalue weighted by Crippen LogP contribution is 2.44. The molecule has 2 heteroatoms. The zero-order valence-electron chi connectivity index (χ0n) is 14.5. The largest absolute Gasteiger partial charge is 0.458 e. The number of hydrogen-bond donors (Lipinski definition) is 0. The van der Waals surface area contributed by atoms with Gasteiger partial charge in [0, 0.05) is 6.92 Å². The lowest BCUT2D eigenvalue weighted by molar-refractivity contribution is -0.145. The molecular formula is C19H28O2. The van der Waals surface area contributed by atoms with Crippen LogP contribution in [0, 0.1) is 0 Å². The number of rotatable bonds is 2. The maximum atomic E-state index is 11.3. The van der Waals surface area contributed by atoms with Gasteiger partial charge in [0.05, 0.1) is 0 Å². The van der Waals surface area contributed by atoms with E-state index in [4.69, 9.17) is 4.74 Å². The molecule has 0 unspecified atom stereocenters. The van der Waals surface area contributed by atoms with E-state index >= 15 is 0 Å². The van der Waals surface area contributed by atoms with E-state index < -0.39 is 0 Å². The van der Waals surface area contributed by atoms with Gasteiger partial charge in [-0.3, -0.25) is 4.79 Å². The van der Waals surface area contributed by atoms with E-state index in [2.05, 4.69) is 46.8 Å². The molecule has 0 saturated heterocycles. The lowest BCUT2D eigenvalue weighted by Crippen LogP contribution is -2.18. The molecule has 21 heavy (non-hydrogen) atoms. The SMILES string of the molecule is CC(=O)O[C@H](C)c1cc(C(C)(C)C)cc2c1CCC2(C)C. The fourth-order valence-corrected chi connectivity index (χ4v) is 3.26. The van der Waals surface area contributed by atoms with E-state index in [-0.39, 0.29) is 22.9 Å². The van der Waals surface area contributed by atoms with Gasteiger partial charge in [-0.2, -0.15) is 0 Å². The molecule has 116 valence electrons. The Balaban J connectivity index is 2.59. The average molecular weight is 288 g/mol. The van der Waals surface area contributed by atoms with Gasteiger partial charge in [-0.1, -0.05) is 46.8 Å². The van der Waals surface area contributed by atoms with Crippen LogP contribution in [0.5, 0.6) is 0 Å². The molecule has 1 atom stereocenters. The Morgan fingerprint density at radius 3 is 2.43 bits per heavy atom. The summed E-state index contributed by atoms with van der Waals surface area (Å²) in [6.07, 6.45) is 2.07. The van der Waals surface area contributed by atoms with Crippen molar-refractivity contribution >= 4 is 5.97 Å². The van der Waals surface area contributed by atoms with Crippen LogP contribution in [0.1, 0.15) is 83.2 Å². The van der Waals surface area contributed by atoms with Crippen molar-refractivity contribution in [1.82, 2.24) is 0 Å². The summed E-state index contributed by atoms with van der Waals surface area (Å²) in [6, 6.07) is 4.61. The van der Waals surface area contributed by atoms with E-state index in [1.54, 1.807) is 0 Å². The van der Waals surface area contributed by atoms with E-state index in [0.717, 1.165) is 12.8 Å². The second-order valence-corrected chi connectivity index (χ2v) is 7.98. The van der Waals surface area contributed by atoms with Gasteiger partial charge in [0.15, 0.2) is 0 Å². The summed E-state index contributed by atoms with van der Waals surface area (Å²) in [4.78, 5) is 11.3. The minimum Gasteiger partial charge on any atom is -0.458 e. The van der Waals surface area contributed by atoms with Gasteiger partial charge in [0.25, 0.3) is 0 Å². The molecule has 0 saturated carbocycles. The first-order chi connectivity index (χ1) is 9.52.